The van der Waals surface area contributed by atoms with E-state index in [9.17, 15) is 8.42 Å². The van der Waals surface area contributed by atoms with Crippen molar-refractivity contribution in [2.24, 2.45) is 12.5 Å². The molecule has 2 aliphatic rings. The summed E-state index contributed by atoms with van der Waals surface area (Å²) < 4.78 is 40.9. The van der Waals surface area contributed by atoms with E-state index >= 15 is 0 Å². The number of hydrogen-bond donors (Lipinski definition) is 0. The van der Waals surface area contributed by atoms with Gasteiger partial charge in [-0.2, -0.15) is 4.31 Å². The lowest BCUT2D eigenvalue weighted by Crippen LogP contribution is -2.58. The van der Waals surface area contributed by atoms with Gasteiger partial charge in [0, 0.05) is 38.4 Å². The summed E-state index contributed by atoms with van der Waals surface area (Å²) in [6.45, 7) is 6.18. The first kappa shape index (κ1) is 17.8. The van der Waals surface area contributed by atoms with Crippen molar-refractivity contribution in [1.29, 1.82) is 0 Å². The van der Waals surface area contributed by atoms with E-state index < -0.39 is 10.0 Å². The first-order valence-corrected chi connectivity index (χ1v) is 9.99. The van der Waals surface area contributed by atoms with Gasteiger partial charge in [0.05, 0.1) is 25.1 Å². The molecule has 2 aliphatic heterocycles. The van der Waals surface area contributed by atoms with Crippen LogP contribution in [0.4, 0.5) is 0 Å². The van der Waals surface area contributed by atoms with Crippen LogP contribution in [0.15, 0.2) is 17.6 Å². The third-order valence-corrected chi connectivity index (χ3v) is 6.67. The van der Waals surface area contributed by atoms with Crippen molar-refractivity contribution < 1.29 is 17.9 Å². The molecular formula is C16H27N3O4S. The molecule has 136 valence electrons. The molecule has 0 aromatic carbocycles. The fourth-order valence-corrected chi connectivity index (χ4v) is 5.17. The molecule has 0 amide bonds. The Labute approximate surface area is 144 Å². The predicted molar refractivity (Wildman–Crippen MR) is 89.1 cm³/mol. The topological polar surface area (TPSA) is 73.7 Å². The average molecular weight is 357 g/mol. The maximum Gasteiger partial charge on any atom is 0.262 e. The number of fused-ring (bicyclic) bond motifs is 1. The Morgan fingerprint density at radius 2 is 2.29 bits per heavy atom. The van der Waals surface area contributed by atoms with Gasteiger partial charge in [0.15, 0.2) is 5.03 Å². The SMILES string of the molecule is CC(C)OC[C@@]12CCCO[C@@H]1CCN(S(=O)(=O)c1cn(C)cn1)C2. The van der Waals surface area contributed by atoms with Crippen molar-refractivity contribution in [3.8, 4) is 0 Å². The molecule has 0 radical (unpaired) electrons. The van der Waals surface area contributed by atoms with Gasteiger partial charge in [-0.1, -0.05) is 0 Å². The molecule has 2 saturated heterocycles. The van der Waals surface area contributed by atoms with Gasteiger partial charge >= 0.3 is 0 Å². The van der Waals surface area contributed by atoms with Crippen molar-refractivity contribution >= 4 is 10.0 Å². The second-order valence-corrected chi connectivity index (χ2v) is 9.07. The molecule has 8 heteroatoms. The Morgan fingerprint density at radius 1 is 1.50 bits per heavy atom. The Morgan fingerprint density at radius 3 is 2.96 bits per heavy atom. The molecular weight excluding hydrogens is 330 g/mol. The summed E-state index contributed by atoms with van der Waals surface area (Å²) >= 11 is 0. The molecule has 3 rings (SSSR count). The first-order chi connectivity index (χ1) is 11.3. The zero-order valence-corrected chi connectivity index (χ0v) is 15.5. The monoisotopic (exact) mass is 357 g/mol. The van der Waals surface area contributed by atoms with Gasteiger partial charge in [-0.3, -0.25) is 0 Å². The molecule has 0 unspecified atom stereocenters. The van der Waals surface area contributed by atoms with Crippen molar-refractivity contribution in [3.63, 3.8) is 0 Å². The predicted octanol–water partition coefficient (Wildman–Crippen LogP) is 1.40. The highest BCUT2D eigenvalue weighted by molar-refractivity contribution is 7.89. The fourth-order valence-electron chi connectivity index (χ4n) is 3.65. The molecule has 1 aromatic heterocycles. The zero-order valence-electron chi connectivity index (χ0n) is 14.6. The third kappa shape index (κ3) is 3.37. The Hall–Kier alpha value is -0.960. The summed E-state index contributed by atoms with van der Waals surface area (Å²) in [5.74, 6) is 0. The van der Waals surface area contributed by atoms with Crippen LogP contribution in [-0.4, -0.2) is 60.8 Å². The third-order valence-electron chi connectivity index (χ3n) is 4.94. The summed E-state index contributed by atoms with van der Waals surface area (Å²) in [6, 6.07) is 0. The molecule has 0 N–H and O–H groups in total. The standard InChI is InChI=1S/C16H27N3O4S/c1-13(2)23-11-16-6-4-8-22-14(16)5-7-19(10-16)24(20,21)15-9-18(3)12-17-15/h9,12-14H,4-8,10-11H2,1-3H3/t14-,16+/m1/s1. The lowest BCUT2D eigenvalue weighted by molar-refractivity contribution is -0.148. The first-order valence-electron chi connectivity index (χ1n) is 8.55. The highest BCUT2D eigenvalue weighted by Gasteiger charge is 2.49. The quantitative estimate of drug-likeness (QED) is 0.796. The highest BCUT2D eigenvalue weighted by Crippen LogP contribution is 2.42. The number of sulfonamides is 1. The van der Waals surface area contributed by atoms with Crippen LogP contribution in [0.25, 0.3) is 0 Å². The van der Waals surface area contributed by atoms with Gasteiger partial charge in [0.1, 0.15) is 0 Å². The van der Waals surface area contributed by atoms with E-state index in [1.54, 1.807) is 22.1 Å². The smallest absolute Gasteiger partial charge is 0.262 e. The van der Waals surface area contributed by atoms with E-state index in [1.807, 2.05) is 13.8 Å². The summed E-state index contributed by atoms with van der Waals surface area (Å²) in [4.78, 5) is 4.03. The van der Waals surface area contributed by atoms with Crippen LogP contribution in [-0.2, 0) is 26.5 Å². The summed E-state index contributed by atoms with van der Waals surface area (Å²) in [5.41, 5.74) is -0.261. The number of aromatic nitrogens is 2. The number of aryl methyl sites for hydroxylation is 1. The molecule has 3 heterocycles. The van der Waals surface area contributed by atoms with E-state index in [1.165, 1.54) is 6.33 Å². The van der Waals surface area contributed by atoms with E-state index in [2.05, 4.69) is 4.98 Å². The fraction of sp³-hybridized carbons (Fsp3) is 0.812. The average Bonchev–Trinajstić information content (AvgIpc) is 3.00. The molecule has 0 bridgehead atoms. The van der Waals surface area contributed by atoms with Gasteiger partial charge in [-0.15, -0.1) is 0 Å². The second kappa shape index (κ2) is 6.74. The number of rotatable bonds is 5. The minimum absolute atomic E-state index is 0.0696. The Kier molecular flexibility index (Phi) is 5.01. The lowest BCUT2D eigenvalue weighted by Gasteiger charge is -2.49. The lowest BCUT2D eigenvalue weighted by atomic mass is 9.73. The normalized spacial score (nSPS) is 28.9. The van der Waals surface area contributed by atoms with Crippen LogP contribution >= 0.6 is 0 Å². The molecule has 24 heavy (non-hydrogen) atoms. The van der Waals surface area contributed by atoms with E-state index in [-0.39, 0.29) is 22.6 Å². The van der Waals surface area contributed by atoms with Crippen molar-refractivity contribution in [3.05, 3.63) is 12.5 Å². The van der Waals surface area contributed by atoms with Crippen LogP contribution in [0.1, 0.15) is 33.1 Å². The number of hydrogen-bond acceptors (Lipinski definition) is 5. The van der Waals surface area contributed by atoms with Crippen LogP contribution in [0, 0.1) is 5.41 Å². The number of nitrogens with zero attached hydrogens (tertiary/aromatic N) is 3. The van der Waals surface area contributed by atoms with Gasteiger partial charge in [-0.25, -0.2) is 13.4 Å². The largest absolute Gasteiger partial charge is 0.378 e. The minimum atomic E-state index is -3.58. The van der Waals surface area contributed by atoms with Crippen LogP contribution in [0.5, 0.6) is 0 Å². The molecule has 0 aliphatic carbocycles. The summed E-state index contributed by atoms with van der Waals surface area (Å²) in [6.07, 6.45) is 5.82. The number of piperidine rings is 1. The Bertz CT molecular complexity index is 673. The maximum absolute atomic E-state index is 12.9. The highest BCUT2D eigenvalue weighted by atomic mass is 32.2. The van der Waals surface area contributed by atoms with Gasteiger partial charge in [-0.05, 0) is 33.1 Å². The van der Waals surface area contributed by atoms with E-state index in [4.69, 9.17) is 9.47 Å². The zero-order chi connectivity index (χ0) is 17.4. The van der Waals surface area contributed by atoms with Gasteiger partial charge < -0.3 is 14.0 Å². The van der Waals surface area contributed by atoms with Crippen LogP contribution < -0.4 is 0 Å². The summed E-state index contributed by atoms with van der Waals surface area (Å²) in [5, 5.41) is 0.111. The molecule has 1 aromatic rings. The number of ether oxygens (including phenoxy) is 2. The minimum Gasteiger partial charge on any atom is -0.378 e. The molecule has 7 nitrogen and oxygen atoms in total. The van der Waals surface area contributed by atoms with Crippen molar-refractivity contribution in [1.82, 2.24) is 13.9 Å². The van der Waals surface area contributed by atoms with E-state index in [0.29, 0.717) is 26.1 Å². The van der Waals surface area contributed by atoms with Crippen molar-refractivity contribution in [2.75, 3.05) is 26.3 Å². The Balaban J connectivity index is 1.84. The molecule has 2 fully saturated rings. The van der Waals surface area contributed by atoms with Crippen molar-refractivity contribution in [2.45, 2.75) is 50.3 Å². The maximum atomic E-state index is 12.9. The summed E-state index contributed by atoms with van der Waals surface area (Å²) in [7, 11) is -1.81. The van der Waals surface area contributed by atoms with Crippen LogP contribution in [0.2, 0.25) is 0 Å². The molecule has 2 atom stereocenters. The van der Waals surface area contributed by atoms with Gasteiger partial charge in [0.25, 0.3) is 10.0 Å². The second-order valence-electron chi connectivity index (χ2n) is 7.19. The van der Waals surface area contributed by atoms with Crippen LogP contribution in [0.3, 0.4) is 0 Å². The molecule has 0 saturated carbocycles. The number of imidazole rings is 1. The molecule has 0 spiro atoms. The van der Waals surface area contributed by atoms with E-state index in [0.717, 1.165) is 19.4 Å². The van der Waals surface area contributed by atoms with Gasteiger partial charge in [0.2, 0.25) is 0 Å².